The first-order chi connectivity index (χ1) is 28.4. The zero-order valence-corrected chi connectivity index (χ0v) is 34.5. The second-order valence-corrected chi connectivity index (χ2v) is 17.7. The first kappa shape index (κ1) is 42.1. The number of nitrogens with one attached hydrogen (secondary N) is 3. The second-order valence-electron chi connectivity index (χ2n) is 15.3. The molecule has 4 aromatic carbocycles. The quantitative estimate of drug-likeness (QED) is 0.0577. The number of sulfone groups is 1. The maximum absolute atomic E-state index is 13.7. The van der Waals surface area contributed by atoms with Crippen molar-refractivity contribution in [2.24, 2.45) is 0 Å². The molecule has 7 rings (SSSR count). The van der Waals surface area contributed by atoms with Crippen molar-refractivity contribution in [1.82, 2.24) is 20.1 Å². The Labute approximate surface area is 349 Å². The molecule has 0 bridgehead atoms. The molecule has 310 valence electrons. The average molecular weight is 840 g/mol. The van der Waals surface area contributed by atoms with Gasteiger partial charge in [-0.1, -0.05) is 61.2 Å². The molecule has 0 radical (unpaired) electrons. The second kappa shape index (κ2) is 18.9. The van der Waals surface area contributed by atoms with Crippen LogP contribution in [-0.2, 0) is 21.2 Å². The van der Waals surface area contributed by atoms with Crippen molar-refractivity contribution < 1.29 is 28.2 Å². The van der Waals surface area contributed by atoms with Gasteiger partial charge in [-0.3, -0.25) is 19.4 Å². The van der Waals surface area contributed by atoms with Crippen LogP contribution >= 0.6 is 11.6 Å². The third-order valence-corrected chi connectivity index (χ3v) is 13.4. The summed E-state index contributed by atoms with van der Waals surface area (Å²) in [6, 6.07) is 25.3. The van der Waals surface area contributed by atoms with Crippen LogP contribution in [0.25, 0.3) is 10.9 Å². The van der Waals surface area contributed by atoms with Crippen molar-refractivity contribution in [3.8, 4) is 11.5 Å². The molecule has 5 aromatic rings. The van der Waals surface area contributed by atoms with Crippen LogP contribution in [0.3, 0.4) is 0 Å². The van der Waals surface area contributed by atoms with Crippen molar-refractivity contribution in [3.05, 3.63) is 135 Å². The van der Waals surface area contributed by atoms with Crippen LogP contribution in [-0.4, -0.2) is 78.1 Å². The predicted molar refractivity (Wildman–Crippen MR) is 230 cm³/mol. The van der Waals surface area contributed by atoms with E-state index in [-0.39, 0.29) is 50.0 Å². The van der Waals surface area contributed by atoms with E-state index in [1.807, 2.05) is 24.3 Å². The van der Waals surface area contributed by atoms with Gasteiger partial charge in [0.05, 0.1) is 27.7 Å². The van der Waals surface area contributed by atoms with Crippen molar-refractivity contribution in [3.63, 3.8) is 0 Å². The molecule has 12 nitrogen and oxygen atoms in total. The van der Waals surface area contributed by atoms with Crippen LogP contribution < -0.4 is 20.9 Å². The number of nitrogens with zero attached hydrogens (tertiary/aromatic N) is 2. The van der Waals surface area contributed by atoms with E-state index in [1.165, 1.54) is 74.8 Å². The number of carbonyl (C=O) groups is 1. The van der Waals surface area contributed by atoms with Crippen molar-refractivity contribution in [2.75, 3.05) is 38.0 Å². The fourth-order valence-corrected chi connectivity index (χ4v) is 9.66. The number of hydrogen-bond acceptors (Lipinski definition) is 10. The topological polar surface area (TPSA) is 164 Å². The number of aliphatic hydroxyl groups excluding tert-OH is 1. The normalized spacial score (nSPS) is 16.9. The molecular formula is C45H50ClN5O7S. The van der Waals surface area contributed by atoms with Gasteiger partial charge in [0.1, 0.15) is 11.5 Å². The van der Waals surface area contributed by atoms with E-state index in [9.17, 15) is 28.2 Å². The summed E-state index contributed by atoms with van der Waals surface area (Å²) in [6.07, 6.45) is 8.10. The molecule has 59 heavy (non-hydrogen) atoms. The number of phenolic OH excluding ortho intramolecular Hbond substituents is 1. The highest BCUT2D eigenvalue weighted by molar-refractivity contribution is 7.91. The van der Waals surface area contributed by atoms with Crippen LogP contribution in [0.1, 0.15) is 67.9 Å². The van der Waals surface area contributed by atoms with E-state index < -0.39 is 21.8 Å². The fourth-order valence-electron chi connectivity index (χ4n) is 8.05. The minimum atomic E-state index is -3.91. The first-order valence-electron chi connectivity index (χ1n) is 20.1. The molecule has 1 aromatic heterocycles. The van der Waals surface area contributed by atoms with E-state index in [1.54, 1.807) is 36.4 Å². The standard InChI is InChI=1S/C45H50ClN5O7S/c1-30(50-20-22-51(23-21-50)35-5-3-2-4-6-35)32-9-13-37(14-10-32)59(56,57)38-26-33(46)25-36(27-38)58-24-19-44(55)48-34-11-7-31(8-12-34)28-47-29-42(53)39-15-17-41(52)45-40(39)16-18-43(54)49-45/h7-19,24-27,30,35,42,47,52-53H,2-6,20-23,28-29H2,1H3,(H,48,55)(H,49,54)/t30-,42-/m0/s1. The Kier molecular flexibility index (Phi) is 13.5. The summed E-state index contributed by atoms with van der Waals surface area (Å²) in [7, 11) is -3.91. The van der Waals surface area contributed by atoms with E-state index in [2.05, 4.69) is 32.3 Å². The SMILES string of the molecule is C[C@@H](c1ccc(S(=O)(=O)c2cc(Cl)cc(OC=CC(=O)Nc3ccc(CNC[C@H](O)c4ccc(O)c5[nH]c(=O)ccc45)cc3)c2)cc1)N1CCN(C2CCCCC2)CC1. The molecule has 1 aliphatic heterocycles. The summed E-state index contributed by atoms with van der Waals surface area (Å²) in [6.45, 7) is 6.95. The molecule has 14 heteroatoms. The Hall–Kier alpha value is -5.02. The van der Waals surface area contributed by atoms with E-state index in [0.717, 1.165) is 43.3 Å². The number of aromatic nitrogens is 1. The number of aromatic amines is 1. The number of ether oxygens (including phenoxy) is 1. The van der Waals surface area contributed by atoms with Gasteiger partial charge < -0.3 is 30.6 Å². The number of aromatic hydroxyl groups is 1. The Balaban J connectivity index is 0.883. The summed E-state index contributed by atoms with van der Waals surface area (Å²) in [4.78, 5) is 32.2. The lowest BCUT2D eigenvalue weighted by atomic mass is 9.93. The average Bonchev–Trinajstić information content (AvgIpc) is 3.24. The smallest absolute Gasteiger partial charge is 0.251 e. The number of carbonyl (C=O) groups excluding carboxylic acids is 1. The summed E-state index contributed by atoms with van der Waals surface area (Å²) >= 11 is 6.33. The molecule has 2 fully saturated rings. The van der Waals surface area contributed by atoms with Crippen LogP contribution in [0.5, 0.6) is 11.5 Å². The maximum atomic E-state index is 13.7. The van der Waals surface area contributed by atoms with Crippen LogP contribution in [0.15, 0.2) is 118 Å². The van der Waals surface area contributed by atoms with Gasteiger partial charge in [0, 0.05) is 79.6 Å². The van der Waals surface area contributed by atoms with Crippen molar-refractivity contribution >= 4 is 43.9 Å². The predicted octanol–water partition coefficient (Wildman–Crippen LogP) is 7.09. The Morgan fingerprint density at radius 1 is 0.932 bits per heavy atom. The lowest BCUT2D eigenvalue weighted by Crippen LogP contribution is -2.51. The number of hydrogen-bond donors (Lipinski definition) is 5. The monoisotopic (exact) mass is 839 g/mol. The number of piperazine rings is 1. The van der Waals surface area contributed by atoms with Crippen LogP contribution in [0.4, 0.5) is 5.69 Å². The van der Waals surface area contributed by atoms with E-state index in [4.69, 9.17) is 16.3 Å². The number of benzene rings is 4. The highest BCUT2D eigenvalue weighted by atomic mass is 35.5. The summed E-state index contributed by atoms with van der Waals surface area (Å²) in [5, 5.41) is 27.6. The van der Waals surface area contributed by atoms with Gasteiger partial charge in [0.2, 0.25) is 15.4 Å². The van der Waals surface area contributed by atoms with Crippen LogP contribution in [0.2, 0.25) is 5.02 Å². The zero-order valence-electron chi connectivity index (χ0n) is 32.9. The first-order valence-corrected chi connectivity index (χ1v) is 21.9. The summed E-state index contributed by atoms with van der Waals surface area (Å²) < 4.78 is 33.0. The highest BCUT2D eigenvalue weighted by Gasteiger charge is 2.28. The molecule has 1 amide bonds. The van der Waals surface area contributed by atoms with Gasteiger partial charge in [0.15, 0.2) is 0 Å². The highest BCUT2D eigenvalue weighted by Crippen LogP contribution is 2.32. The Morgan fingerprint density at radius 2 is 1.66 bits per heavy atom. The number of anilines is 1. The minimum Gasteiger partial charge on any atom is -0.506 e. The number of phenols is 1. The third-order valence-electron chi connectivity index (χ3n) is 11.4. The molecule has 2 heterocycles. The van der Waals surface area contributed by atoms with Gasteiger partial charge >= 0.3 is 0 Å². The largest absolute Gasteiger partial charge is 0.506 e. The number of pyridine rings is 1. The van der Waals surface area contributed by atoms with Gasteiger partial charge in [-0.25, -0.2) is 8.42 Å². The minimum absolute atomic E-state index is 0.0204. The molecule has 1 saturated carbocycles. The van der Waals surface area contributed by atoms with Crippen molar-refractivity contribution in [1.29, 1.82) is 0 Å². The molecule has 1 saturated heterocycles. The number of H-pyrrole nitrogens is 1. The number of amides is 1. The molecule has 5 N–H and O–H groups in total. The lowest BCUT2D eigenvalue weighted by Gasteiger charge is -2.42. The fraction of sp³-hybridized carbons (Fsp3) is 0.333. The summed E-state index contributed by atoms with van der Waals surface area (Å²) in [5.74, 6) is -0.375. The third kappa shape index (κ3) is 10.4. The summed E-state index contributed by atoms with van der Waals surface area (Å²) in [5.41, 5.74) is 3.01. The van der Waals surface area contributed by atoms with Gasteiger partial charge in [-0.05, 0) is 91.1 Å². The van der Waals surface area contributed by atoms with Gasteiger partial charge in [0.25, 0.3) is 5.91 Å². The number of fused-ring (bicyclic) bond motifs is 1. The molecule has 0 spiro atoms. The van der Waals surface area contributed by atoms with E-state index >= 15 is 0 Å². The molecule has 1 aliphatic carbocycles. The Bertz CT molecular complexity index is 2440. The van der Waals surface area contributed by atoms with E-state index in [0.29, 0.717) is 23.2 Å². The van der Waals surface area contributed by atoms with Crippen molar-refractivity contribution in [2.45, 2.75) is 73.6 Å². The van der Waals surface area contributed by atoms with Gasteiger partial charge in [-0.2, -0.15) is 0 Å². The van der Waals surface area contributed by atoms with Crippen LogP contribution in [0, 0.1) is 0 Å². The molecular weight excluding hydrogens is 790 g/mol. The molecule has 0 unspecified atom stereocenters. The molecule has 2 atom stereocenters. The number of aliphatic hydroxyl groups is 1. The molecule has 2 aliphatic rings. The number of halogens is 1. The maximum Gasteiger partial charge on any atom is 0.251 e. The zero-order chi connectivity index (χ0) is 41.5. The van der Waals surface area contributed by atoms with Gasteiger partial charge in [-0.15, -0.1) is 0 Å². The Morgan fingerprint density at radius 3 is 2.39 bits per heavy atom. The lowest BCUT2D eigenvalue weighted by molar-refractivity contribution is -0.112. The number of rotatable bonds is 14.